The van der Waals surface area contributed by atoms with Crippen LogP contribution >= 0.6 is 11.6 Å². The maximum absolute atomic E-state index is 12.7. The van der Waals surface area contributed by atoms with Crippen LogP contribution < -0.4 is 5.56 Å². The molecule has 0 saturated carbocycles. The fourth-order valence-electron chi connectivity index (χ4n) is 2.96. The van der Waals surface area contributed by atoms with Crippen molar-refractivity contribution in [2.75, 3.05) is 6.61 Å². The Morgan fingerprint density at radius 1 is 1.07 bits per heavy atom. The van der Waals surface area contributed by atoms with Gasteiger partial charge in [0.1, 0.15) is 5.69 Å². The maximum Gasteiger partial charge on any atom is 0.378 e. The van der Waals surface area contributed by atoms with Crippen LogP contribution in [-0.4, -0.2) is 37.0 Å². The molecule has 152 valence electrons. The van der Waals surface area contributed by atoms with E-state index in [1.54, 1.807) is 31.2 Å². The highest BCUT2D eigenvalue weighted by Gasteiger charge is 2.22. The Balaban J connectivity index is 1.87. The molecule has 4 aromatic rings. The molecule has 0 N–H and O–H groups in total. The minimum Gasteiger partial charge on any atom is -0.460 e. The average molecular weight is 424 g/mol. The van der Waals surface area contributed by atoms with E-state index in [9.17, 15) is 9.59 Å². The molecular formula is C21H18ClN5O3. The van der Waals surface area contributed by atoms with E-state index in [1.165, 1.54) is 9.20 Å². The van der Waals surface area contributed by atoms with Crippen LogP contribution in [0.2, 0.25) is 5.02 Å². The Bertz CT molecular complexity index is 1280. The Kier molecular flexibility index (Phi) is 5.33. The number of halogens is 1. The van der Waals surface area contributed by atoms with E-state index in [4.69, 9.17) is 16.3 Å². The van der Waals surface area contributed by atoms with Gasteiger partial charge in [0.2, 0.25) is 0 Å². The van der Waals surface area contributed by atoms with Crippen LogP contribution in [0.5, 0.6) is 0 Å². The Labute approximate surface area is 176 Å². The van der Waals surface area contributed by atoms with Crippen molar-refractivity contribution in [3.63, 3.8) is 0 Å². The summed E-state index contributed by atoms with van der Waals surface area (Å²) >= 11 is 5.96. The molecule has 2 aromatic carbocycles. The van der Waals surface area contributed by atoms with Crippen molar-refractivity contribution in [1.29, 1.82) is 0 Å². The van der Waals surface area contributed by atoms with Gasteiger partial charge in [-0.05, 0) is 43.7 Å². The molecule has 0 bridgehead atoms. The molecule has 0 saturated heterocycles. The van der Waals surface area contributed by atoms with Crippen molar-refractivity contribution in [1.82, 2.24) is 24.4 Å². The number of aryl methyl sites for hydroxylation is 1. The summed E-state index contributed by atoms with van der Waals surface area (Å²) < 4.78 is 7.72. The number of nitrogens with zero attached hydrogens (tertiary/aromatic N) is 5. The molecule has 0 fully saturated rings. The fourth-order valence-corrected chi connectivity index (χ4v) is 3.09. The zero-order valence-corrected chi connectivity index (χ0v) is 17.1. The van der Waals surface area contributed by atoms with Gasteiger partial charge in [-0.1, -0.05) is 41.4 Å². The van der Waals surface area contributed by atoms with Crippen molar-refractivity contribution in [2.45, 2.75) is 20.3 Å². The summed E-state index contributed by atoms with van der Waals surface area (Å²) in [6.07, 6.45) is 0.281. The van der Waals surface area contributed by atoms with Crippen molar-refractivity contribution in [3.8, 4) is 5.69 Å². The first-order valence-corrected chi connectivity index (χ1v) is 9.71. The third kappa shape index (κ3) is 3.81. The quantitative estimate of drug-likeness (QED) is 0.458. The van der Waals surface area contributed by atoms with Crippen LogP contribution in [0.4, 0.5) is 0 Å². The lowest BCUT2D eigenvalue weighted by Gasteiger charge is -2.04. The number of carbonyl (C=O) groups excluding carboxylic acids is 1. The van der Waals surface area contributed by atoms with Gasteiger partial charge in [-0.25, -0.2) is 4.79 Å². The van der Waals surface area contributed by atoms with Gasteiger partial charge in [0.15, 0.2) is 0 Å². The molecule has 2 heterocycles. The number of carbonyl (C=O) groups is 1. The van der Waals surface area contributed by atoms with Crippen LogP contribution in [0.25, 0.3) is 11.5 Å². The number of hydrogen-bond donors (Lipinski definition) is 0. The summed E-state index contributed by atoms with van der Waals surface area (Å²) in [5.41, 5.74) is 2.33. The van der Waals surface area contributed by atoms with Gasteiger partial charge >= 0.3 is 5.97 Å². The molecule has 0 aliphatic rings. The second kappa shape index (κ2) is 8.08. The fraction of sp³-hybridized carbons (Fsp3) is 0.190. The van der Waals surface area contributed by atoms with E-state index in [0.29, 0.717) is 10.7 Å². The third-order valence-electron chi connectivity index (χ3n) is 4.46. The number of hydrogen-bond acceptors (Lipinski definition) is 6. The van der Waals surface area contributed by atoms with E-state index in [1.807, 2.05) is 31.2 Å². The first kappa shape index (κ1) is 19.8. The standard InChI is InChI=1S/C21H18ClN5O3/c1-3-30-20(29)18-25-26(16-10-8-15(22)9-11-16)21-23-19(28)17(24-27(18)21)12-14-6-4-13(2)5-7-14/h4-11H,3,12H2,1-2H3. The van der Waals surface area contributed by atoms with Gasteiger partial charge in [-0.3, -0.25) is 4.79 Å². The summed E-state index contributed by atoms with van der Waals surface area (Å²) in [6.45, 7) is 3.87. The number of esters is 1. The second-order valence-electron chi connectivity index (χ2n) is 6.67. The number of fused-ring (bicyclic) bond motifs is 1. The molecule has 0 unspecified atom stereocenters. The number of rotatable bonds is 5. The largest absolute Gasteiger partial charge is 0.460 e. The summed E-state index contributed by atoms with van der Waals surface area (Å²) in [5.74, 6) is -0.619. The molecule has 0 aliphatic heterocycles. The van der Waals surface area contributed by atoms with E-state index >= 15 is 0 Å². The van der Waals surface area contributed by atoms with Gasteiger partial charge in [0.25, 0.3) is 17.2 Å². The Morgan fingerprint density at radius 3 is 2.43 bits per heavy atom. The normalized spacial score (nSPS) is 11.0. The minimum absolute atomic E-state index is 0.0699. The van der Waals surface area contributed by atoms with Crippen molar-refractivity contribution in [3.05, 3.63) is 86.6 Å². The van der Waals surface area contributed by atoms with Crippen molar-refractivity contribution < 1.29 is 9.53 Å². The lowest BCUT2D eigenvalue weighted by molar-refractivity contribution is 0.0508. The smallest absolute Gasteiger partial charge is 0.378 e. The molecule has 0 amide bonds. The summed E-state index contributed by atoms with van der Waals surface area (Å²) in [5, 5.41) is 9.24. The maximum atomic E-state index is 12.7. The highest BCUT2D eigenvalue weighted by molar-refractivity contribution is 6.30. The van der Waals surface area contributed by atoms with Crippen LogP contribution in [0.15, 0.2) is 53.3 Å². The van der Waals surface area contributed by atoms with E-state index in [0.717, 1.165) is 11.1 Å². The molecule has 2 aromatic heterocycles. The highest BCUT2D eigenvalue weighted by Crippen LogP contribution is 2.16. The minimum atomic E-state index is -0.658. The first-order chi connectivity index (χ1) is 14.5. The Morgan fingerprint density at radius 2 is 1.77 bits per heavy atom. The van der Waals surface area contributed by atoms with Gasteiger partial charge < -0.3 is 4.74 Å². The van der Waals surface area contributed by atoms with Gasteiger partial charge in [0.05, 0.1) is 12.3 Å². The molecule has 9 heteroatoms. The zero-order chi connectivity index (χ0) is 21.3. The van der Waals surface area contributed by atoms with E-state index in [-0.39, 0.29) is 30.3 Å². The van der Waals surface area contributed by atoms with E-state index < -0.39 is 11.5 Å². The third-order valence-corrected chi connectivity index (χ3v) is 4.72. The van der Waals surface area contributed by atoms with Gasteiger partial charge in [0, 0.05) is 11.4 Å². The van der Waals surface area contributed by atoms with Crippen LogP contribution in [0.3, 0.4) is 0 Å². The molecule has 4 rings (SSSR count). The highest BCUT2D eigenvalue weighted by atomic mass is 35.5. The SMILES string of the molecule is CCOC(=O)c1nn(-c2ccc(Cl)cc2)c2nc(=O)c(Cc3ccc(C)cc3)nn12. The monoisotopic (exact) mass is 423 g/mol. The van der Waals surface area contributed by atoms with E-state index in [2.05, 4.69) is 15.2 Å². The lowest BCUT2D eigenvalue weighted by atomic mass is 10.1. The molecule has 8 nitrogen and oxygen atoms in total. The zero-order valence-electron chi connectivity index (χ0n) is 16.4. The number of aromatic nitrogens is 5. The summed E-state index contributed by atoms with van der Waals surface area (Å²) in [7, 11) is 0. The summed E-state index contributed by atoms with van der Waals surface area (Å²) in [6, 6.07) is 14.5. The molecule has 0 spiro atoms. The second-order valence-corrected chi connectivity index (χ2v) is 7.11. The van der Waals surface area contributed by atoms with Crippen LogP contribution in [0, 0.1) is 6.92 Å². The van der Waals surface area contributed by atoms with Crippen molar-refractivity contribution in [2.24, 2.45) is 0 Å². The molecule has 30 heavy (non-hydrogen) atoms. The first-order valence-electron chi connectivity index (χ1n) is 9.34. The van der Waals surface area contributed by atoms with Gasteiger partial charge in [-0.15, -0.1) is 5.10 Å². The number of benzene rings is 2. The molecule has 0 radical (unpaired) electrons. The Hall–Kier alpha value is -3.52. The van der Waals surface area contributed by atoms with Gasteiger partial charge in [-0.2, -0.15) is 19.3 Å². The number of ether oxygens (including phenoxy) is 1. The summed E-state index contributed by atoms with van der Waals surface area (Å²) in [4.78, 5) is 29.3. The predicted molar refractivity (Wildman–Crippen MR) is 111 cm³/mol. The average Bonchev–Trinajstić information content (AvgIpc) is 3.09. The molecule has 0 aliphatic carbocycles. The molecular weight excluding hydrogens is 406 g/mol. The lowest BCUT2D eigenvalue weighted by Crippen LogP contribution is -2.21. The molecule has 0 atom stereocenters. The predicted octanol–water partition coefficient (Wildman–Crippen LogP) is 3.00. The van der Waals surface area contributed by atoms with Crippen LogP contribution in [-0.2, 0) is 11.2 Å². The van der Waals surface area contributed by atoms with Crippen LogP contribution in [0.1, 0.15) is 34.4 Å². The topological polar surface area (TPSA) is 91.4 Å². The van der Waals surface area contributed by atoms with Crippen molar-refractivity contribution >= 4 is 23.3 Å².